The van der Waals surface area contributed by atoms with E-state index in [9.17, 15) is 14.0 Å². The quantitative estimate of drug-likeness (QED) is 0.414. The number of rotatable bonds is 6. The van der Waals surface area contributed by atoms with Crippen LogP contribution in [-0.4, -0.2) is 77.2 Å². The predicted molar refractivity (Wildman–Crippen MR) is 150 cm³/mol. The van der Waals surface area contributed by atoms with Gasteiger partial charge in [-0.15, -0.1) is 0 Å². The maximum atomic E-state index is 15.0. The average Bonchev–Trinajstić information content (AvgIpc) is 2.90. The minimum absolute atomic E-state index is 0.0876. The normalized spacial score (nSPS) is 20.8. The van der Waals surface area contributed by atoms with Gasteiger partial charge in [0.1, 0.15) is 24.1 Å². The minimum atomic E-state index is -0.777. The maximum absolute atomic E-state index is 15.0. The van der Waals surface area contributed by atoms with E-state index >= 15 is 4.39 Å². The van der Waals surface area contributed by atoms with E-state index in [1.54, 1.807) is 15.5 Å². The minimum Gasteiger partial charge on any atom is -0.488 e. The van der Waals surface area contributed by atoms with Crippen LogP contribution in [0.25, 0.3) is 22.0 Å². The molecular formula is C29H30ClF2N5O3. The summed E-state index contributed by atoms with van der Waals surface area (Å²) in [4.78, 5) is 36.6. The van der Waals surface area contributed by atoms with Gasteiger partial charge in [-0.3, -0.25) is 9.36 Å². The van der Waals surface area contributed by atoms with Gasteiger partial charge in [-0.1, -0.05) is 18.2 Å². The number of likely N-dealkylation sites (tertiary alicyclic amines) is 1. The lowest BCUT2D eigenvalue weighted by Crippen LogP contribution is -2.54. The van der Waals surface area contributed by atoms with Gasteiger partial charge in [0, 0.05) is 54.8 Å². The Morgan fingerprint density at radius 2 is 2.02 bits per heavy atom. The van der Waals surface area contributed by atoms with Crippen molar-refractivity contribution in [3.8, 4) is 16.9 Å². The van der Waals surface area contributed by atoms with E-state index in [1.165, 1.54) is 24.6 Å². The van der Waals surface area contributed by atoms with Gasteiger partial charge in [0.25, 0.3) is 0 Å². The molecule has 2 saturated heterocycles. The third-order valence-corrected chi connectivity index (χ3v) is 8.49. The first-order valence-corrected chi connectivity index (χ1v) is 13.9. The van der Waals surface area contributed by atoms with Crippen molar-refractivity contribution < 1.29 is 18.3 Å². The van der Waals surface area contributed by atoms with Gasteiger partial charge >= 0.3 is 5.69 Å². The predicted octanol–water partition coefficient (Wildman–Crippen LogP) is 4.25. The highest BCUT2D eigenvalue weighted by molar-refractivity contribution is 6.35. The first-order chi connectivity index (χ1) is 19.3. The zero-order valence-corrected chi connectivity index (χ0v) is 23.0. The SMILES string of the molecule is C=CC(=O)N1CCN(c2nc(=O)n3c4c(c(-c5ccc(F)cc5F)c(Cl)cc24)OCC3CCN2CCC2)[C@@H](C)C1. The molecule has 2 aromatic carbocycles. The van der Waals surface area contributed by atoms with Crippen molar-refractivity contribution in [3.05, 3.63) is 64.1 Å². The van der Waals surface area contributed by atoms with Gasteiger partial charge in [-0.2, -0.15) is 4.98 Å². The van der Waals surface area contributed by atoms with Crippen molar-refractivity contribution in [2.75, 3.05) is 50.8 Å². The molecule has 3 aliphatic rings. The molecule has 8 nitrogen and oxygen atoms in total. The fraction of sp³-hybridized carbons (Fsp3) is 0.414. The molecule has 0 aliphatic carbocycles. The Balaban J connectivity index is 1.52. The molecule has 11 heteroatoms. The highest BCUT2D eigenvalue weighted by Crippen LogP contribution is 2.47. The molecule has 1 aromatic heterocycles. The summed E-state index contributed by atoms with van der Waals surface area (Å²) in [5.74, 6) is -0.909. The van der Waals surface area contributed by atoms with Crippen molar-refractivity contribution in [3.63, 3.8) is 0 Å². The summed E-state index contributed by atoms with van der Waals surface area (Å²) in [6, 6.07) is 4.57. The Labute approximate surface area is 235 Å². The smallest absolute Gasteiger partial charge is 0.350 e. The number of hydrogen-bond donors (Lipinski definition) is 0. The molecule has 6 rings (SSSR count). The van der Waals surface area contributed by atoms with Crippen LogP contribution in [0.2, 0.25) is 5.02 Å². The van der Waals surface area contributed by atoms with Gasteiger partial charge in [-0.25, -0.2) is 13.6 Å². The second kappa shape index (κ2) is 10.5. The van der Waals surface area contributed by atoms with E-state index in [-0.39, 0.29) is 46.5 Å². The molecule has 210 valence electrons. The van der Waals surface area contributed by atoms with Crippen molar-refractivity contribution in [2.45, 2.75) is 31.8 Å². The van der Waals surface area contributed by atoms with Crippen molar-refractivity contribution in [1.82, 2.24) is 19.4 Å². The molecule has 0 radical (unpaired) electrons. The van der Waals surface area contributed by atoms with Gasteiger partial charge in [0.2, 0.25) is 5.91 Å². The Hall–Kier alpha value is -3.50. The number of hydrogen-bond acceptors (Lipinski definition) is 6. The van der Waals surface area contributed by atoms with Crippen LogP contribution in [0.1, 0.15) is 25.8 Å². The van der Waals surface area contributed by atoms with E-state index in [0.717, 1.165) is 25.7 Å². The number of benzene rings is 2. The van der Waals surface area contributed by atoms with E-state index < -0.39 is 17.3 Å². The van der Waals surface area contributed by atoms with Gasteiger partial charge in [-0.05, 0) is 57.1 Å². The topological polar surface area (TPSA) is 70.9 Å². The maximum Gasteiger partial charge on any atom is 0.350 e. The Bertz CT molecular complexity index is 1570. The summed E-state index contributed by atoms with van der Waals surface area (Å²) >= 11 is 6.80. The van der Waals surface area contributed by atoms with Crippen molar-refractivity contribution in [2.24, 2.45) is 0 Å². The Morgan fingerprint density at radius 3 is 2.70 bits per heavy atom. The van der Waals surface area contributed by atoms with Crippen LogP contribution in [0.3, 0.4) is 0 Å². The fourth-order valence-corrected chi connectivity index (χ4v) is 6.27. The lowest BCUT2D eigenvalue weighted by Gasteiger charge is -2.41. The van der Waals surface area contributed by atoms with Crippen LogP contribution in [0.5, 0.6) is 5.75 Å². The molecule has 3 aliphatic heterocycles. The van der Waals surface area contributed by atoms with Crippen LogP contribution < -0.4 is 15.3 Å². The molecule has 0 N–H and O–H groups in total. The van der Waals surface area contributed by atoms with Crippen LogP contribution in [0.15, 0.2) is 41.7 Å². The van der Waals surface area contributed by atoms with Crippen molar-refractivity contribution in [1.29, 1.82) is 0 Å². The number of amides is 1. The van der Waals surface area contributed by atoms with Gasteiger partial charge < -0.3 is 19.4 Å². The standard InChI is InChI=1S/C29H30ClF2N5O3/c1-3-24(38)35-11-12-36(17(2)15-35)28-21-14-22(30)25(20-6-5-18(31)13-23(20)32)27-26(21)37(29(39)33-28)19(16-40-27)7-10-34-8-4-9-34/h3,5-6,13-14,17,19H,1,4,7-12,15-16H2,2H3/t17-,19?/m0/s1. The number of carbonyl (C=O) groups is 1. The molecule has 2 atom stereocenters. The number of anilines is 1. The van der Waals surface area contributed by atoms with Crippen LogP contribution in [0, 0.1) is 11.6 Å². The Kier molecular flexibility index (Phi) is 7.00. The molecular weight excluding hydrogens is 540 g/mol. The summed E-state index contributed by atoms with van der Waals surface area (Å²) in [6.07, 6.45) is 3.15. The lowest BCUT2D eigenvalue weighted by atomic mass is 9.99. The zero-order valence-electron chi connectivity index (χ0n) is 22.2. The molecule has 0 saturated carbocycles. The number of nitrogens with zero attached hydrogens (tertiary/aromatic N) is 5. The van der Waals surface area contributed by atoms with Crippen LogP contribution in [-0.2, 0) is 4.79 Å². The number of carbonyl (C=O) groups excluding carboxylic acids is 1. The summed E-state index contributed by atoms with van der Waals surface area (Å²) < 4.78 is 36.7. The second-order valence-corrected chi connectivity index (χ2v) is 11.1. The molecule has 3 aromatic rings. The molecule has 0 bridgehead atoms. The van der Waals surface area contributed by atoms with E-state index in [0.29, 0.717) is 42.8 Å². The molecule has 0 spiro atoms. The number of ether oxygens (including phenoxy) is 1. The third-order valence-electron chi connectivity index (χ3n) is 8.20. The highest BCUT2D eigenvalue weighted by atomic mass is 35.5. The van der Waals surface area contributed by atoms with Crippen molar-refractivity contribution >= 4 is 34.2 Å². The molecule has 1 unspecified atom stereocenters. The largest absolute Gasteiger partial charge is 0.488 e. The summed E-state index contributed by atoms with van der Waals surface area (Å²) in [7, 11) is 0. The average molecular weight is 570 g/mol. The van der Waals surface area contributed by atoms with E-state index in [1.807, 2.05) is 11.8 Å². The van der Waals surface area contributed by atoms with Crippen LogP contribution >= 0.6 is 11.6 Å². The summed E-state index contributed by atoms with van der Waals surface area (Å²) in [5, 5.41) is 0.809. The van der Waals surface area contributed by atoms with Gasteiger partial charge in [0.05, 0.1) is 16.6 Å². The molecule has 40 heavy (non-hydrogen) atoms. The molecule has 4 heterocycles. The fourth-order valence-electron chi connectivity index (χ4n) is 5.97. The van der Waals surface area contributed by atoms with E-state index in [4.69, 9.17) is 16.3 Å². The monoisotopic (exact) mass is 569 g/mol. The number of halogens is 3. The van der Waals surface area contributed by atoms with E-state index in [2.05, 4.69) is 16.5 Å². The van der Waals surface area contributed by atoms with Crippen LogP contribution in [0.4, 0.5) is 14.6 Å². The second-order valence-electron chi connectivity index (χ2n) is 10.7. The Morgan fingerprint density at radius 1 is 1.23 bits per heavy atom. The first-order valence-electron chi connectivity index (χ1n) is 13.5. The summed E-state index contributed by atoms with van der Waals surface area (Å²) in [5.41, 5.74) is 0.428. The number of aromatic nitrogens is 2. The lowest BCUT2D eigenvalue weighted by molar-refractivity contribution is -0.126. The molecule has 1 amide bonds. The third kappa shape index (κ3) is 4.53. The summed E-state index contributed by atoms with van der Waals surface area (Å²) in [6.45, 7) is 9.96. The number of piperazine rings is 1. The highest BCUT2D eigenvalue weighted by Gasteiger charge is 2.34. The van der Waals surface area contributed by atoms with Gasteiger partial charge in [0.15, 0.2) is 5.75 Å². The first kappa shape index (κ1) is 26.7. The zero-order chi connectivity index (χ0) is 28.1. The molecule has 2 fully saturated rings.